The van der Waals surface area contributed by atoms with Gasteiger partial charge in [-0.1, -0.05) is 50.3 Å². The minimum Gasteiger partial charge on any atom is -0.508 e. The van der Waals surface area contributed by atoms with E-state index in [4.69, 9.17) is 0 Å². The van der Waals surface area contributed by atoms with E-state index in [9.17, 15) is 15.0 Å². The predicted molar refractivity (Wildman–Crippen MR) is 121 cm³/mol. The van der Waals surface area contributed by atoms with Crippen LogP contribution in [0.3, 0.4) is 0 Å². The molecule has 1 heterocycles. The molecule has 5 heteroatoms. The highest BCUT2D eigenvalue weighted by atomic mass is 32.2. The van der Waals surface area contributed by atoms with Crippen LogP contribution in [-0.2, 0) is 9.53 Å². The number of rotatable bonds is 10. The summed E-state index contributed by atoms with van der Waals surface area (Å²) < 4.78 is 4.68. The SMILES string of the molecule is COC(=O)CCCCCCCCC1c2ccc(O)cc2SCC1c1ccc(O)cc1. The molecule has 2 N–H and O–H groups in total. The fourth-order valence-electron chi connectivity index (χ4n) is 4.32. The Labute approximate surface area is 183 Å². The van der Waals surface area contributed by atoms with Crippen LogP contribution >= 0.6 is 11.8 Å². The van der Waals surface area contributed by atoms with Gasteiger partial charge in [0.1, 0.15) is 11.5 Å². The third-order valence-corrected chi connectivity index (χ3v) is 7.19. The number of fused-ring (bicyclic) bond motifs is 1. The van der Waals surface area contributed by atoms with E-state index in [0.29, 0.717) is 29.8 Å². The van der Waals surface area contributed by atoms with E-state index in [1.54, 1.807) is 18.2 Å². The van der Waals surface area contributed by atoms with Crippen LogP contribution in [0.1, 0.15) is 74.3 Å². The van der Waals surface area contributed by atoms with Crippen LogP contribution in [-0.4, -0.2) is 29.0 Å². The molecule has 1 aliphatic rings. The Bertz CT molecular complexity index is 818. The summed E-state index contributed by atoms with van der Waals surface area (Å²) in [5.41, 5.74) is 2.60. The number of carbonyl (C=O) groups excluding carboxylic acids is 1. The summed E-state index contributed by atoms with van der Waals surface area (Å²) in [6.07, 6.45) is 8.33. The standard InChI is InChI=1S/C25H32O4S/c1-29-25(28)9-7-5-3-2-4-6-8-21-22-15-14-20(27)16-24(22)30-17-23(21)18-10-12-19(26)13-11-18/h10-16,21,23,26-27H,2-9,17H2,1H3. The van der Waals surface area contributed by atoms with Gasteiger partial charge < -0.3 is 14.9 Å². The van der Waals surface area contributed by atoms with Gasteiger partial charge in [-0.05, 0) is 54.2 Å². The molecule has 0 saturated heterocycles. The molecule has 0 bridgehead atoms. The Morgan fingerprint density at radius 3 is 2.37 bits per heavy atom. The van der Waals surface area contributed by atoms with Crippen LogP contribution in [0, 0.1) is 0 Å². The van der Waals surface area contributed by atoms with Gasteiger partial charge in [0.25, 0.3) is 0 Å². The lowest BCUT2D eigenvalue weighted by Crippen LogP contribution is -2.19. The molecule has 2 aromatic carbocycles. The fraction of sp³-hybridized carbons (Fsp3) is 0.480. The zero-order valence-corrected chi connectivity index (χ0v) is 18.5. The predicted octanol–water partition coefficient (Wildman–Crippen LogP) is 6.36. The van der Waals surface area contributed by atoms with E-state index >= 15 is 0 Å². The summed E-state index contributed by atoms with van der Waals surface area (Å²) in [6, 6.07) is 13.4. The van der Waals surface area contributed by atoms with Crippen molar-refractivity contribution >= 4 is 17.7 Å². The lowest BCUT2D eigenvalue weighted by Gasteiger charge is -2.34. The monoisotopic (exact) mass is 428 g/mol. The maximum absolute atomic E-state index is 11.2. The molecule has 30 heavy (non-hydrogen) atoms. The minimum absolute atomic E-state index is 0.116. The van der Waals surface area contributed by atoms with E-state index in [0.717, 1.165) is 31.4 Å². The van der Waals surface area contributed by atoms with Gasteiger partial charge in [0.2, 0.25) is 0 Å². The Morgan fingerprint density at radius 1 is 0.967 bits per heavy atom. The Balaban J connectivity index is 1.56. The Kier molecular flexibility index (Phi) is 8.50. The topological polar surface area (TPSA) is 66.8 Å². The van der Waals surface area contributed by atoms with Gasteiger partial charge >= 0.3 is 5.97 Å². The fourth-order valence-corrected chi connectivity index (χ4v) is 5.69. The summed E-state index contributed by atoms with van der Waals surface area (Å²) in [5.74, 6) is 2.33. The van der Waals surface area contributed by atoms with Gasteiger partial charge in [-0.2, -0.15) is 0 Å². The van der Waals surface area contributed by atoms with Crippen molar-refractivity contribution in [1.29, 1.82) is 0 Å². The zero-order valence-electron chi connectivity index (χ0n) is 17.7. The molecular formula is C25H32O4S. The Morgan fingerprint density at radius 2 is 1.63 bits per heavy atom. The summed E-state index contributed by atoms with van der Waals surface area (Å²) in [6.45, 7) is 0. The molecule has 2 aromatic rings. The number of benzene rings is 2. The number of carbonyl (C=O) groups is 1. The van der Waals surface area contributed by atoms with Crippen molar-refractivity contribution in [2.75, 3.05) is 12.9 Å². The molecule has 0 radical (unpaired) electrons. The van der Waals surface area contributed by atoms with Gasteiger partial charge in [0.15, 0.2) is 0 Å². The largest absolute Gasteiger partial charge is 0.508 e. The van der Waals surface area contributed by atoms with Crippen molar-refractivity contribution in [3.63, 3.8) is 0 Å². The van der Waals surface area contributed by atoms with Crippen molar-refractivity contribution in [3.8, 4) is 11.5 Å². The first-order valence-corrected chi connectivity index (χ1v) is 11.9. The summed E-state index contributed by atoms with van der Waals surface area (Å²) >= 11 is 1.81. The number of aromatic hydroxyl groups is 2. The van der Waals surface area contributed by atoms with E-state index < -0.39 is 0 Å². The minimum atomic E-state index is -0.116. The van der Waals surface area contributed by atoms with Crippen LogP contribution < -0.4 is 0 Å². The van der Waals surface area contributed by atoms with Gasteiger partial charge in [-0.15, -0.1) is 11.8 Å². The maximum Gasteiger partial charge on any atom is 0.305 e. The molecule has 2 atom stereocenters. The Hall–Kier alpha value is -2.14. The molecule has 0 spiro atoms. The molecule has 162 valence electrons. The average Bonchev–Trinajstić information content (AvgIpc) is 2.75. The van der Waals surface area contributed by atoms with Crippen LogP contribution in [0.2, 0.25) is 0 Å². The molecule has 3 rings (SSSR count). The van der Waals surface area contributed by atoms with Gasteiger partial charge in [0.05, 0.1) is 7.11 Å². The van der Waals surface area contributed by atoms with Crippen LogP contribution in [0.25, 0.3) is 0 Å². The molecular weight excluding hydrogens is 396 g/mol. The number of phenolic OH excluding ortho intramolecular Hbond substituents is 2. The van der Waals surface area contributed by atoms with Crippen LogP contribution in [0.5, 0.6) is 11.5 Å². The van der Waals surface area contributed by atoms with Crippen molar-refractivity contribution < 1.29 is 19.7 Å². The van der Waals surface area contributed by atoms with Crippen LogP contribution in [0.15, 0.2) is 47.4 Å². The molecule has 4 nitrogen and oxygen atoms in total. The second-order valence-electron chi connectivity index (χ2n) is 8.07. The van der Waals surface area contributed by atoms with Gasteiger partial charge in [0, 0.05) is 23.0 Å². The molecule has 2 unspecified atom stereocenters. The second kappa shape index (κ2) is 11.3. The second-order valence-corrected chi connectivity index (χ2v) is 9.14. The number of thioether (sulfide) groups is 1. The first kappa shape index (κ1) is 22.5. The van der Waals surface area contributed by atoms with Gasteiger partial charge in [-0.25, -0.2) is 0 Å². The third kappa shape index (κ3) is 6.18. The first-order chi connectivity index (χ1) is 14.6. The molecule has 0 saturated carbocycles. The van der Waals surface area contributed by atoms with Crippen LogP contribution in [0.4, 0.5) is 0 Å². The lowest BCUT2D eigenvalue weighted by molar-refractivity contribution is -0.140. The number of ether oxygens (including phenoxy) is 1. The smallest absolute Gasteiger partial charge is 0.305 e. The number of phenols is 2. The summed E-state index contributed by atoms with van der Waals surface area (Å²) in [5, 5.41) is 19.5. The highest BCUT2D eigenvalue weighted by Gasteiger charge is 2.31. The van der Waals surface area contributed by atoms with E-state index in [1.807, 2.05) is 30.0 Å². The molecule has 0 amide bonds. The van der Waals surface area contributed by atoms with E-state index in [2.05, 4.69) is 10.8 Å². The van der Waals surface area contributed by atoms with Crippen molar-refractivity contribution in [2.24, 2.45) is 0 Å². The number of esters is 1. The third-order valence-electron chi connectivity index (χ3n) is 6.00. The van der Waals surface area contributed by atoms with Crippen molar-refractivity contribution in [3.05, 3.63) is 53.6 Å². The molecule has 1 aliphatic heterocycles. The van der Waals surface area contributed by atoms with E-state index in [-0.39, 0.29) is 5.97 Å². The number of hydrogen-bond acceptors (Lipinski definition) is 5. The first-order valence-electron chi connectivity index (χ1n) is 10.9. The highest BCUT2D eigenvalue weighted by molar-refractivity contribution is 7.99. The summed E-state index contributed by atoms with van der Waals surface area (Å²) in [4.78, 5) is 12.3. The number of methoxy groups -OCH3 is 1. The molecule has 0 fully saturated rings. The van der Waals surface area contributed by atoms with Crippen molar-refractivity contribution in [1.82, 2.24) is 0 Å². The molecule has 0 aromatic heterocycles. The normalized spacial score (nSPS) is 18.0. The highest BCUT2D eigenvalue weighted by Crippen LogP contribution is 2.49. The number of unbranched alkanes of at least 4 members (excludes halogenated alkanes) is 5. The average molecular weight is 429 g/mol. The quantitative estimate of drug-likeness (QED) is 0.340. The van der Waals surface area contributed by atoms with Gasteiger partial charge in [-0.3, -0.25) is 4.79 Å². The zero-order chi connectivity index (χ0) is 21.3. The van der Waals surface area contributed by atoms with Crippen molar-refractivity contribution in [2.45, 2.75) is 68.1 Å². The number of hydrogen-bond donors (Lipinski definition) is 2. The maximum atomic E-state index is 11.2. The van der Waals surface area contributed by atoms with E-state index in [1.165, 1.54) is 42.4 Å². The summed E-state index contributed by atoms with van der Waals surface area (Å²) in [7, 11) is 1.44. The lowest BCUT2D eigenvalue weighted by atomic mass is 9.79. The molecule has 0 aliphatic carbocycles.